The number of fused-ring (bicyclic) bond motifs is 1. The fourth-order valence-electron chi connectivity index (χ4n) is 5.16. The molecule has 1 atom stereocenters. The predicted octanol–water partition coefficient (Wildman–Crippen LogP) is 8.20. The molecule has 0 spiro atoms. The zero-order valence-electron chi connectivity index (χ0n) is 28.4. The van der Waals surface area contributed by atoms with Gasteiger partial charge in [0, 0.05) is 16.1 Å². The second-order valence-corrected chi connectivity index (χ2v) is 13.4. The fraction of sp³-hybridized carbons (Fsp3) is 0.100. The van der Waals surface area contributed by atoms with Crippen LogP contribution in [0.25, 0.3) is 16.3 Å². The Bertz CT molecular complexity index is 2220. The number of ether oxygens (including phenoxy) is 3. The van der Waals surface area contributed by atoms with Gasteiger partial charge in [-0.05, 0) is 83.9 Å². The number of carbonyl (C=O) groups is 3. The Morgan fingerprint density at radius 1 is 0.750 bits per heavy atom. The van der Waals surface area contributed by atoms with Gasteiger partial charge in [-0.1, -0.05) is 65.9 Å². The molecule has 3 N–H and O–H groups in total. The van der Waals surface area contributed by atoms with Crippen molar-refractivity contribution in [2.45, 2.75) is 10.1 Å². The lowest BCUT2D eigenvalue weighted by atomic mass is 10.1. The molecular weight excluding hydrogens is 697 g/mol. The summed E-state index contributed by atoms with van der Waals surface area (Å²) in [6.07, 6.45) is 1.56. The monoisotopic (exact) mass is 730 g/mol. The van der Waals surface area contributed by atoms with E-state index in [-0.39, 0.29) is 11.6 Å². The molecule has 0 radical (unpaired) electrons. The molecule has 1 aromatic heterocycles. The van der Waals surface area contributed by atoms with E-state index >= 15 is 0 Å². The van der Waals surface area contributed by atoms with E-state index < -0.39 is 17.1 Å². The van der Waals surface area contributed by atoms with Gasteiger partial charge in [0.1, 0.15) is 16.7 Å². The number of hydrogen-bond acceptors (Lipinski definition) is 9. The molecule has 12 heteroatoms. The predicted molar refractivity (Wildman–Crippen MR) is 206 cm³/mol. The SMILES string of the molecule is COc1ccc2nc(NC(=O)C(Sc3ccc(NC(=O)/C(=C/c4ccc(OC)c(OC)c4)NC(=O)c4ccccc4)cc3)c3ccccc3)sc2c1. The third kappa shape index (κ3) is 8.78. The van der Waals surface area contributed by atoms with Crippen molar-refractivity contribution in [1.82, 2.24) is 10.3 Å². The van der Waals surface area contributed by atoms with Gasteiger partial charge in [-0.2, -0.15) is 0 Å². The van der Waals surface area contributed by atoms with E-state index in [1.54, 1.807) is 73.8 Å². The summed E-state index contributed by atoms with van der Waals surface area (Å²) in [5, 5.41) is 8.52. The van der Waals surface area contributed by atoms with Gasteiger partial charge in [0.15, 0.2) is 16.6 Å². The van der Waals surface area contributed by atoms with Gasteiger partial charge in [-0.25, -0.2) is 4.98 Å². The fourth-order valence-corrected chi connectivity index (χ4v) is 7.08. The number of methoxy groups -OCH3 is 3. The van der Waals surface area contributed by atoms with E-state index in [2.05, 4.69) is 20.9 Å². The molecule has 0 saturated carbocycles. The molecule has 6 rings (SSSR count). The Morgan fingerprint density at radius 2 is 1.46 bits per heavy atom. The number of benzene rings is 5. The number of thioether (sulfide) groups is 1. The van der Waals surface area contributed by atoms with Gasteiger partial charge >= 0.3 is 0 Å². The molecule has 3 amide bonds. The molecule has 5 aromatic carbocycles. The highest BCUT2D eigenvalue weighted by Gasteiger charge is 2.24. The topological polar surface area (TPSA) is 128 Å². The van der Waals surface area contributed by atoms with Crippen LogP contribution in [0.3, 0.4) is 0 Å². The number of amides is 3. The smallest absolute Gasteiger partial charge is 0.272 e. The summed E-state index contributed by atoms with van der Waals surface area (Å²) in [6, 6.07) is 36.0. The van der Waals surface area contributed by atoms with Crippen molar-refractivity contribution < 1.29 is 28.6 Å². The number of nitrogens with one attached hydrogen (secondary N) is 3. The molecule has 1 heterocycles. The Labute approximate surface area is 308 Å². The highest BCUT2D eigenvalue weighted by molar-refractivity contribution is 8.00. The van der Waals surface area contributed by atoms with Crippen LogP contribution in [-0.2, 0) is 9.59 Å². The summed E-state index contributed by atoms with van der Waals surface area (Å²) in [5.74, 6) is 0.523. The number of thiazole rings is 1. The average Bonchev–Trinajstić information content (AvgIpc) is 3.59. The van der Waals surface area contributed by atoms with Gasteiger partial charge in [0.05, 0.1) is 31.5 Å². The molecule has 0 aliphatic carbocycles. The molecule has 0 saturated heterocycles. The van der Waals surface area contributed by atoms with E-state index in [1.165, 1.54) is 37.3 Å². The standard InChI is InChI=1S/C40H34N4O6S2/c1-48-29-17-20-31-35(24-29)52-40(43-31)44-39(47)36(26-10-6-4-7-11-26)51-30-18-15-28(16-19-30)41-38(46)32(42-37(45)27-12-8-5-9-13-27)22-25-14-21-33(49-2)34(23-25)50-3/h4-24,36H,1-3H3,(H,41,46)(H,42,45)(H,43,44,47)/b32-22-. The first-order chi connectivity index (χ1) is 25.3. The third-order valence-corrected chi connectivity index (χ3v) is 9.98. The van der Waals surface area contributed by atoms with Gasteiger partial charge in [-0.15, -0.1) is 11.8 Å². The lowest BCUT2D eigenvalue weighted by Crippen LogP contribution is -2.30. The van der Waals surface area contributed by atoms with Crippen molar-refractivity contribution in [3.63, 3.8) is 0 Å². The molecule has 1 unspecified atom stereocenters. The summed E-state index contributed by atoms with van der Waals surface area (Å²) >= 11 is 2.75. The summed E-state index contributed by atoms with van der Waals surface area (Å²) in [7, 11) is 4.66. The van der Waals surface area contributed by atoms with E-state index in [1.807, 2.05) is 60.7 Å². The van der Waals surface area contributed by atoms with Crippen LogP contribution in [0, 0.1) is 0 Å². The Hall–Kier alpha value is -6.11. The molecule has 52 heavy (non-hydrogen) atoms. The molecule has 6 aromatic rings. The van der Waals surface area contributed by atoms with Crippen molar-refractivity contribution in [3.05, 3.63) is 144 Å². The van der Waals surface area contributed by atoms with Crippen LogP contribution in [0.15, 0.2) is 132 Å². The quantitative estimate of drug-likeness (QED) is 0.0802. The van der Waals surface area contributed by atoms with Gasteiger partial charge in [0.25, 0.3) is 11.8 Å². The second-order valence-electron chi connectivity index (χ2n) is 11.2. The number of anilines is 2. The maximum atomic E-state index is 13.7. The van der Waals surface area contributed by atoms with E-state index in [0.29, 0.717) is 39.2 Å². The minimum atomic E-state index is -0.590. The summed E-state index contributed by atoms with van der Waals surface area (Å²) < 4.78 is 17.0. The Kier molecular flexibility index (Phi) is 11.5. The summed E-state index contributed by atoms with van der Waals surface area (Å²) in [6.45, 7) is 0. The minimum Gasteiger partial charge on any atom is -0.497 e. The van der Waals surface area contributed by atoms with Crippen LogP contribution in [-0.4, -0.2) is 44.0 Å². The van der Waals surface area contributed by atoms with Crippen molar-refractivity contribution in [3.8, 4) is 17.2 Å². The number of carbonyl (C=O) groups excluding carboxylic acids is 3. The van der Waals surface area contributed by atoms with Crippen LogP contribution in [0.5, 0.6) is 17.2 Å². The molecular formula is C40H34N4O6S2. The first-order valence-corrected chi connectivity index (χ1v) is 17.7. The number of rotatable bonds is 13. The van der Waals surface area contributed by atoms with E-state index in [9.17, 15) is 14.4 Å². The van der Waals surface area contributed by atoms with E-state index in [4.69, 9.17) is 14.2 Å². The lowest BCUT2D eigenvalue weighted by molar-refractivity contribution is -0.116. The van der Waals surface area contributed by atoms with Crippen LogP contribution >= 0.6 is 23.1 Å². The van der Waals surface area contributed by atoms with Crippen molar-refractivity contribution in [1.29, 1.82) is 0 Å². The summed E-state index contributed by atoms with van der Waals surface area (Å²) in [5.41, 5.74) is 3.11. The molecule has 262 valence electrons. The summed E-state index contributed by atoms with van der Waals surface area (Å²) in [4.78, 5) is 45.9. The van der Waals surface area contributed by atoms with Crippen LogP contribution in [0.1, 0.15) is 26.7 Å². The second kappa shape index (κ2) is 16.7. The highest BCUT2D eigenvalue weighted by atomic mass is 32.2. The zero-order chi connectivity index (χ0) is 36.5. The maximum Gasteiger partial charge on any atom is 0.272 e. The molecule has 0 bridgehead atoms. The minimum absolute atomic E-state index is 0.0219. The average molecular weight is 731 g/mol. The van der Waals surface area contributed by atoms with Crippen molar-refractivity contribution >= 4 is 67.9 Å². The molecule has 0 aliphatic rings. The van der Waals surface area contributed by atoms with Gasteiger partial charge < -0.3 is 30.2 Å². The van der Waals surface area contributed by atoms with Crippen molar-refractivity contribution in [2.75, 3.05) is 32.0 Å². The number of nitrogens with zero attached hydrogens (tertiary/aromatic N) is 1. The first kappa shape index (κ1) is 35.7. The maximum absolute atomic E-state index is 13.7. The van der Waals surface area contributed by atoms with Crippen LogP contribution in [0.2, 0.25) is 0 Å². The normalized spacial score (nSPS) is 11.7. The Morgan fingerprint density at radius 3 is 2.15 bits per heavy atom. The van der Waals surface area contributed by atoms with E-state index in [0.717, 1.165) is 20.7 Å². The number of aromatic nitrogens is 1. The number of hydrogen-bond donors (Lipinski definition) is 3. The van der Waals surface area contributed by atoms with Gasteiger partial charge in [0.2, 0.25) is 5.91 Å². The highest BCUT2D eigenvalue weighted by Crippen LogP contribution is 2.38. The van der Waals surface area contributed by atoms with Crippen molar-refractivity contribution in [2.24, 2.45) is 0 Å². The lowest BCUT2D eigenvalue weighted by Gasteiger charge is -2.17. The largest absolute Gasteiger partial charge is 0.497 e. The van der Waals surface area contributed by atoms with Crippen LogP contribution in [0.4, 0.5) is 10.8 Å². The Balaban J connectivity index is 1.20. The van der Waals surface area contributed by atoms with Gasteiger partial charge in [-0.3, -0.25) is 14.4 Å². The molecule has 0 aliphatic heterocycles. The zero-order valence-corrected chi connectivity index (χ0v) is 30.0. The molecule has 0 fully saturated rings. The third-order valence-electron chi connectivity index (χ3n) is 7.78. The molecule has 10 nitrogen and oxygen atoms in total. The van der Waals surface area contributed by atoms with Crippen LogP contribution < -0.4 is 30.2 Å². The first-order valence-electron chi connectivity index (χ1n) is 16.0.